The first-order valence-electron chi connectivity index (χ1n) is 6.28. The highest BCUT2D eigenvalue weighted by atomic mass is 32.2. The van der Waals surface area contributed by atoms with Gasteiger partial charge in [-0.15, -0.1) is 0 Å². The Morgan fingerprint density at radius 2 is 2.00 bits per heavy atom. The Labute approximate surface area is 108 Å². The normalized spacial score (nSPS) is 19.6. The summed E-state index contributed by atoms with van der Waals surface area (Å²) in [4.78, 5) is 4.16. The van der Waals surface area contributed by atoms with E-state index < -0.39 is 10.2 Å². The summed E-state index contributed by atoms with van der Waals surface area (Å²) in [5.74, 6) is 0. The molecule has 1 aromatic rings. The molecule has 2 rings (SSSR count). The third-order valence-electron chi connectivity index (χ3n) is 3.11. The molecule has 1 aromatic heterocycles. The van der Waals surface area contributed by atoms with Crippen molar-refractivity contribution in [1.82, 2.24) is 14.0 Å². The fraction of sp³-hybridized carbons (Fsp3) is 0.583. The predicted molar refractivity (Wildman–Crippen MR) is 70.1 cm³/mol. The summed E-state index contributed by atoms with van der Waals surface area (Å²) in [6.45, 7) is 3.04. The average Bonchev–Trinajstić information content (AvgIpc) is 2.40. The quantitative estimate of drug-likeness (QED) is 0.900. The van der Waals surface area contributed by atoms with E-state index in [0.29, 0.717) is 13.1 Å². The molecule has 2 heterocycles. The van der Waals surface area contributed by atoms with Crippen LogP contribution in [0.3, 0.4) is 0 Å². The molecule has 1 atom stereocenters. The molecule has 0 saturated carbocycles. The lowest BCUT2D eigenvalue weighted by atomic mass is 10.2. The van der Waals surface area contributed by atoms with Gasteiger partial charge >= 0.3 is 0 Å². The van der Waals surface area contributed by atoms with Crippen molar-refractivity contribution in [3.8, 4) is 0 Å². The molecular weight excluding hydrogens is 250 g/mol. The van der Waals surface area contributed by atoms with Crippen molar-refractivity contribution in [3.05, 3.63) is 30.1 Å². The second kappa shape index (κ2) is 5.77. The van der Waals surface area contributed by atoms with Gasteiger partial charge in [-0.2, -0.15) is 17.4 Å². The third-order valence-corrected chi connectivity index (χ3v) is 4.81. The van der Waals surface area contributed by atoms with Gasteiger partial charge in [-0.1, -0.05) is 12.5 Å². The van der Waals surface area contributed by atoms with Gasteiger partial charge in [-0.25, -0.2) is 0 Å². The maximum atomic E-state index is 12.2. The molecule has 100 valence electrons. The van der Waals surface area contributed by atoms with E-state index in [0.717, 1.165) is 25.0 Å². The molecule has 0 radical (unpaired) electrons. The first-order chi connectivity index (χ1) is 8.59. The SMILES string of the molecule is C[C@H](NS(=O)(=O)N1CCCCC1)c1ccccn1. The zero-order valence-electron chi connectivity index (χ0n) is 10.5. The molecule has 0 spiro atoms. The van der Waals surface area contributed by atoms with Gasteiger partial charge in [0.1, 0.15) is 0 Å². The van der Waals surface area contributed by atoms with Crippen LogP contribution in [0.5, 0.6) is 0 Å². The van der Waals surface area contributed by atoms with Gasteiger partial charge in [-0.05, 0) is 31.9 Å². The Morgan fingerprint density at radius 3 is 2.61 bits per heavy atom. The molecule has 1 saturated heterocycles. The van der Waals surface area contributed by atoms with Gasteiger partial charge in [-0.3, -0.25) is 4.98 Å². The monoisotopic (exact) mass is 269 g/mol. The van der Waals surface area contributed by atoms with E-state index in [2.05, 4.69) is 9.71 Å². The van der Waals surface area contributed by atoms with Crippen LogP contribution in [-0.2, 0) is 10.2 Å². The maximum absolute atomic E-state index is 12.2. The molecule has 1 fully saturated rings. The van der Waals surface area contributed by atoms with E-state index in [1.807, 2.05) is 25.1 Å². The van der Waals surface area contributed by atoms with Gasteiger partial charge in [0.15, 0.2) is 0 Å². The molecule has 0 bridgehead atoms. The Morgan fingerprint density at radius 1 is 1.28 bits per heavy atom. The molecule has 0 unspecified atom stereocenters. The van der Waals surface area contributed by atoms with Crippen molar-refractivity contribution in [1.29, 1.82) is 0 Å². The molecule has 1 aliphatic heterocycles. The van der Waals surface area contributed by atoms with Gasteiger partial charge in [0.2, 0.25) is 0 Å². The van der Waals surface area contributed by atoms with Gasteiger partial charge in [0.25, 0.3) is 10.2 Å². The van der Waals surface area contributed by atoms with Crippen LogP contribution < -0.4 is 4.72 Å². The summed E-state index contributed by atoms with van der Waals surface area (Å²) >= 11 is 0. The Kier molecular flexibility index (Phi) is 4.31. The molecule has 0 amide bonds. The van der Waals surface area contributed by atoms with Gasteiger partial charge in [0, 0.05) is 19.3 Å². The average molecular weight is 269 g/mol. The minimum atomic E-state index is -3.39. The molecule has 0 aromatic carbocycles. The van der Waals surface area contributed by atoms with Crippen molar-refractivity contribution in [2.75, 3.05) is 13.1 Å². The van der Waals surface area contributed by atoms with Crippen LogP contribution in [0, 0.1) is 0 Å². The standard InChI is InChI=1S/C12H19N3O2S/c1-11(12-7-3-4-8-13-12)14-18(16,17)15-9-5-2-6-10-15/h3-4,7-8,11,14H,2,5-6,9-10H2,1H3/t11-/m0/s1. The number of pyridine rings is 1. The number of hydrogen-bond donors (Lipinski definition) is 1. The minimum Gasteiger partial charge on any atom is -0.260 e. The van der Waals surface area contributed by atoms with Crippen LogP contribution in [-0.4, -0.2) is 30.8 Å². The summed E-state index contributed by atoms with van der Waals surface area (Å²) in [6.07, 6.45) is 4.67. The topological polar surface area (TPSA) is 62.3 Å². The Balaban J connectivity index is 2.03. The zero-order valence-corrected chi connectivity index (χ0v) is 11.4. The highest BCUT2D eigenvalue weighted by molar-refractivity contribution is 7.87. The van der Waals surface area contributed by atoms with Crippen LogP contribution in [0.4, 0.5) is 0 Å². The van der Waals surface area contributed by atoms with Crippen molar-refractivity contribution in [2.24, 2.45) is 0 Å². The highest BCUT2D eigenvalue weighted by Gasteiger charge is 2.25. The Bertz CT molecular complexity index is 469. The molecule has 1 aliphatic rings. The molecule has 18 heavy (non-hydrogen) atoms. The second-order valence-electron chi connectivity index (χ2n) is 4.56. The highest BCUT2D eigenvalue weighted by Crippen LogP contribution is 2.15. The van der Waals surface area contributed by atoms with Crippen LogP contribution in [0.1, 0.15) is 37.9 Å². The van der Waals surface area contributed by atoms with Crippen LogP contribution in [0.15, 0.2) is 24.4 Å². The van der Waals surface area contributed by atoms with Crippen LogP contribution in [0.2, 0.25) is 0 Å². The van der Waals surface area contributed by atoms with E-state index in [1.54, 1.807) is 6.20 Å². The summed E-state index contributed by atoms with van der Waals surface area (Å²) in [7, 11) is -3.39. The van der Waals surface area contributed by atoms with Crippen molar-refractivity contribution in [3.63, 3.8) is 0 Å². The second-order valence-corrected chi connectivity index (χ2v) is 6.26. The lowest BCUT2D eigenvalue weighted by Crippen LogP contribution is -2.44. The fourth-order valence-corrected chi connectivity index (χ4v) is 3.55. The van der Waals surface area contributed by atoms with E-state index in [9.17, 15) is 8.42 Å². The van der Waals surface area contributed by atoms with E-state index >= 15 is 0 Å². The molecule has 5 nitrogen and oxygen atoms in total. The van der Waals surface area contributed by atoms with Gasteiger partial charge in [0.05, 0.1) is 11.7 Å². The summed E-state index contributed by atoms with van der Waals surface area (Å²) < 4.78 is 28.5. The number of hydrogen-bond acceptors (Lipinski definition) is 3. The van der Waals surface area contributed by atoms with Crippen LogP contribution in [0.25, 0.3) is 0 Å². The van der Waals surface area contributed by atoms with Crippen molar-refractivity contribution < 1.29 is 8.42 Å². The number of nitrogens with zero attached hydrogens (tertiary/aromatic N) is 2. The summed E-state index contributed by atoms with van der Waals surface area (Å²) in [5, 5.41) is 0. The number of rotatable bonds is 4. The van der Waals surface area contributed by atoms with E-state index in [4.69, 9.17) is 0 Å². The molecule has 0 aliphatic carbocycles. The lowest BCUT2D eigenvalue weighted by Gasteiger charge is -2.27. The number of aromatic nitrogens is 1. The van der Waals surface area contributed by atoms with Crippen molar-refractivity contribution >= 4 is 10.2 Å². The molecule has 1 N–H and O–H groups in total. The number of piperidine rings is 1. The smallest absolute Gasteiger partial charge is 0.260 e. The lowest BCUT2D eigenvalue weighted by molar-refractivity contribution is 0.339. The van der Waals surface area contributed by atoms with Crippen LogP contribution >= 0.6 is 0 Å². The summed E-state index contributed by atoms with van der Waals surface area (Å²) in [6, 6.07) is 5.19. The minimum absolute atomic E-state index is 0.307. The van der Waals surface area contributed by atoms with E-state index in [-0.39, 0.29) is 6.04 Å². The maximum Gasteiger partial charge on any atom is 0.280 e. The predicted octanol–water partition coefficient (Wildman–Crippen LogP) is 1.46. The third kappa shape index (κ3) is 3.28. The fourth-order valence-electron chi connectivity index (χ4n) is 2.10. The zero-order chi connectivity index (χ0) is 13.0. The van der Waals surface area contributed by atoms with E-state index in [1.165, 1.54) is 4.31 Å². The molecular formula is C12H19N3O2S. The summed E-state index contributed by atoms with van der Waals surface area (Å²) in [5.41, 5.74) is 0.734. The van der Waals surface area contributed by atoms with Crippen molar-refractivity contribution in [2.45, 2.75) is 32.2 Å². The largest absolute Gasteiger partial charge is 0.280 e. The Hall–Kier alpha value is -0.980. The first-order valence-corrected chi connectivity index (χ1v) is 7.72. The first kappa shape index (κ1) is 13.5. The van der Waals surface area contributed by atoms with Gasteiger partial charge < -0.3 is 0 Å². The number of nitrogens with one attached hydrogen (secondary N) is 1. The molecule has 6 heteroatoms.